The van der Waals surface area contributed by atoms with Crippen molar-refractivity contribution < 1.29 is 4.39 Å². The molecule has 0 bridgehead atoms. The summed E-state index contributed by atoms with van der Waals surface area (Å²) in [7, 11) is 0. The Morgan fingerprint density at radius 3 is 2.38 bits per heavy atom. The van der Waals surface area contributed by atoms with E-state index in [4.69, 9.17) is 0 Å². The molecule has 0 aromatic heterocycles. The lowest BCUT2D eigenvalue weighted by Gasteiger charge is -2.32. The van der Waals surface area contributed by atoms with Gasteiger partial charge < -0.3 is 5.32 Å². The second kappa shape index (κ2) is 5.98. The first-order valence-electron chi connectivity index (χ1n) is 7.75. The van der Waals surface area contributed by atoms with Crippen molar-refractivity contribution in [2.45, 2.75) is 44.7 Å². The molecule has 1 aliphatic rings. The lowest BCUT2D eigenvalue weighted by molar-refractivity contribution is 0.396. The maximum atomic E-state index is 13.0. The van der Waals surface area contributed by atoms with Gasteiger partial charge in [0, 0.05) is 12.1 Å². The van der Waals surface area contributed by atoms with Crippen molar-refractivity contribution in [3.8, 4) is 0 Å². The molecular formula is C19H22FN. The van der Waals surface area contributed by atoms with E-state index < -0.39 is 0 Å². The third kappa shape index (κ3) is 3.01. The Morgan fingerprint density at radius 1 is 1.00 bits per heavy atom. The van der Waals surface area contributed by atoms with Gasteiger partial charge in [0.15, 0.2) is 0 Å². The van der Waals surface area contributed by atoms with Crippen molar-refractivity contribution >= 4 is 0 Å². The summed E-state index contributed by atoms with van der Waals surface area (Å²) in [6.45, 7) is 4.45. The highest BCUT2D eigenvalue weighted by Crippen LogP contribution is 2.38. The van der Waals surface area contributed by atoms with Gasteiger partial charge >= 0.3 is 0 Å². The summed E-state index contributed by atoms with van der Waals surface area (Å²) in [6.07, 6.45) is 2.37. The van der Waals surface area contributed by atoms with Crippen LogP contribution in [0.3, 0.4) is 0 Å². The van der Waals surface area contributed by atoms with Gasteiger partial charge in [0.1, 0.15) is 5.82 Å². The van der Waals surface area contributed by atoms with Crippen molar-refractivity contribution in [2.75, 3.05) is 0 Å². The predicted molar refractivity (Wildman–Crippen MR) is 84.8 cm³/mol. The molecule has 21 heavy (non-hydrogen) atoms. The minimum absolute atomic E-state index is 0.178. The van der Waals surface area contributed by atoms with E-state index in [0.29, 0.717) is 12.0 Å². The molecule has 0 heterocycles. The smallest absolute Gasteiger partial charge is 0.123 e. The van der Waals surface area contributed by atoms with E-state index in [2.05, 4.69) is 43.4 Å². The zero-order valence-corrected chi connectivity index (χ0v) is 12.6. The highest BCUT2D eigenvalue weighted by molar-refractivity contribution is 5.35. The van der Waals surface area contributed by atoms with Crippen LogP contribution < -0.4 is 5.32 Å². The molecule has 0 saturated carbocycles. The van der Waals surface area contributed by atoms with E-state index in [1.165, 1.54) is 29.7 Å². The number of fused-ring (bicyclic) bond motifs is 1. The number of hydrogen-bond acceptors (Lipinski definition) is 1. The molecule has 1 aliphatic carbocycles. The summed E-state index contributed by atoms with van der Waals surface area (Å²) < 4.78 is 13.0. The first-order chi connectivity index (χ1) is 10.1. The summed E-state index contributed by atoms with van der Waals surface area (Å²) in [6, 6.07) is 16.1. The number of hydrogen-bond donors (Lipinski definition) is 1. The molecule has 2 heteroatoms. The van der Waals surface area contributed by atoms with E-state index >= 15 is 0 Å². The van der Waals surface area contributed by atoms with Crippen LogP contribution in [0.1, 0.15) is 61.4 Å². The quantitative estimate of drug-likeness (QED) is 0.825. The summed E-state index contributed by atoms with van der Waals surface area (Å²) in [5.74, 6) is 0.461. The zero-order valence-electron chi connectivity index (χ0n) is 12.6. The predicted octanol–water partition coefficient (Wildman–Crippen LogP) is 5.11. The van der Waals surface area contributed by atoms with Gasteiger partial charge in [-0.25, -0.2) is 4.39 Å². The van der Waals surface area contributed by atoms with Crippen LogP contribution in [-0.2, 0) is 0 Å². The van der Waals surface area contributed by atoms with Crippen LogP contribution in [0, 0.1) is 5.82 Å². The summed E-state index contributed by atoms with van der Waals surface area (Å²) in [5, 5.41) is 3.71. The van der Waals surface area contributed by atoms with Gasteiger partial charge in [-0.3, -0.25) is 0 Å². The Bertz CT molecular complexity index is 605. The first-order valence-corrected chi connectivity index (χ1v) is 7.75. The van der Waals surface area contributed by atoms with Crippen LogP contribution in [0.2, 0.25) is 0 Å². The Hall–Kier alpha value is -1.67. The average Bonchev–Trinajstić information content (AvgIpc) is 2.51. The fraction of sp³-hybridized carbons (Fsp3) is 0.368. The number of rotatable bonds is 3. The Labute approximate surface area is 126 Å². The average molecular weight is 283 g/mol. The third-order valence-corrected chi connectivity index (χ3v) is 4.61. The molecule has 0 radical (unpaired) electrons. The minimum atomic E-state index is -0.178. The van der Waals surface area contributed by atoms with Crippen molar-refractivity contribution in [3.05, 3.63) is 71.0 Å². The molecule has 1 nitrogen and oxygen atoms in total. The lowest BCUT2D eigenvalue weighted by atomic mass is 9.80. The molecule has 1 N–H and O–H groups in total. The maximum absolute atomic E-state index is 13.0. The van der Waals surface area contributed by atoms with Crippen LogP contribution in [0.5, 0.6) is 0 Å². The van der Waals surface area contributed by atoms with Crippen molar-refractivity contribution in [1.29, 1.82) is 0 Å². The third-order valence-electron chi connectivity index (χ3n) is 4.61. The minimum Gasteiger partial charge on any atom is -0.303 e. The highest BCUT2D eigenvalue weighted by Gasteiger charge is 2.25. The van der Waals surface area contributed by atoms with E-state index in [9.17, 15) is 4.39 Å². The van der Waals surface area contributed by atoms with E-state index in [1.807, 2.05) is 12.1 Å². The molecule has 0 aliphatic heterocycles. The molecule has 0 saturated heterocycles. The monoisotopic (exact) mass is 283 g/mol. The van der Waals surface area contributed by atoms with Gasteiger partial charge in [0.25, 0.3) is 0 Å². The van der Waals surface area contributed by atoms with Crippen LogP contribution in [0.25, 0.3) is 0 Å². The zero-order chi connectivity index (χ0) is 14.8. The van der Waals surface area contributed by atoms with E-state index in [1.54, 1.807) is 0 Å². The molecule has 2 unspecified atom stereocenters. The maximum Gasteiger partial charge on any atom is 0.123 e. The van der Waals surface area contributed by atoms with Crippen molar-refractivity contribution in [3.63, 3.8) is 0 Å². The number of benzene rings is 2. The molecule has 0 amide bonds. The second-order valence-electron chi connectivity index (χ2n) is 6.10. The van der Waals surface area contributed by atoms with Gasteiger partial charge in [-0.1, -0.05) is 43.3 Å². The van der Waals surface area contributed by atoms with Gasteiger partial charge in [-0.15, -0.1) is 0 Å². The molecule has 0 spiro atoms. The molecule has 2 aromatic carbocycles. The summed E-state index contributed by atoms with van der Waals surface area (Å²) in [5.41, 5.74) is 4.02. The fourth-order valence-corrected chi connectivity index (χ4v) is 3.33. The Morgan fingerprint density at radius 2 is 1.67 bits per heavy atom. The summed E-state index contributed by atoms with van der Waals surface area (Å²) >= 11 is 0. The summed E-state index contributed by atoms with van der Waals surface area (Å²) in [4.78, 5) is 0. The lowest BCUT2D eigenvalue weighted by Crippen LogP contribution is -2.28. The van der Waals surface area contributed by atoms with Gasteiger partial charge in [0.05, 0.1) is 0 Å². The van der Waals surface area contributed by atoms with Crippen LogP contribution in [0.4, 0.5) is 4.39 Å². The largest absolute Gasteiger partial charge is 0.303 e. The molecule has 3 rings (SSSR count). The Balaban J connectivity index is 1.79. The molecular weight excluding hydrogens is 261 g/mol. The van der Waals surface area contributed by atoms with Crippen LogP contribution in [-0.4, -0.2) is 0 Å². The molecule has 3 atom stereocenters. The Kier molecular flexibility index (Phi) is 4.07. The van der Waals surface area contributed by atoms with Crippen molar-refractivity contribution in [2.24, 2.45) is 0 Å². The SMILES string of the molecule is CC1CCC(N[C@H](C)c2ccc(F)cc2)c2ccccc21. The standard InChI is InChI=1S/C19H22FN/c1-13-7-12-19(18-6-4-3-5-17(13)18)21-14(2)15-8-10-16(20)11-9-15/h3-6,8-11,13-14,19,21H,7,12H2,1-2H3/t13?,14-,19?/m1/s1. The topological polar surface area (TPSA) is 12.0 Å². The molecule has 2 aromatic rings. The van der Waals surface area contributed by atoms with Crippen LogP contribution >= 0.6 is 0 Å². The van der Waals surface area contributed by atoms with E-state index in [0.717, 1.165) is 12.0 Å². The van der Waals surface area contributed by atoms with Crippen molar-refractivity contribution in [1.82, 2.24) is 5.32 Å². The second-order valence-corrected chi connectivity index (χ2v) is 6.10. The van der Waals surface area contributed by atoms with E-state index in [-0.39, 0.29) is 11.9 Å². The molecule has 0 fully saturated rings. The fourth-order valence-electron chi connectivity index (χ4n) is 3.33. The highest BCUT2D eigenvalue weighted by atomic mass is 19.1. The van der Waals surface area contributed by atoms with Gasteiger partial charge in [-0.2, -0.15) is 0 Å². The van der Waals surface area contributed by atoms with Gasteiger partial charge in [0.2, 0.25) is 0 Å². The molecule has 110 valence electrons. The number of halogens is 1. The van der Waals surface area contributed by atoms with Crippen LogP contribution in [0.15, 0.2) is 48.5 Å². The first kappa shape index (κ1) is 14.3. The normalized spacial score (nSPS) is 22.6. The van der Waals surface area contributed by atoms with Gasteiger partial charge in [-0.05, 0) is 54.5 Å². The number of nitrogens with one attached hydrogen (secondary N) is 1.